The van der Waals surface area contributed by atoms with Gasteiger partial charge in [-0.3, -0.25) is 4.18 Å². The van der Waals surface area contributed by atoms with Crippen molar-refractivity contribution in [3.63, 3.8) is 0 Å². The molecule has 17 heteroatoms. The quantitative estimate of drug-likeness (QED) is 0.0190. The van der Waals surface area contributed by atoms with Crippen molar-refractivity contribution in [2.45, 2.75) is 213 Å². The molecule has 0 aromatic carbocycles. The van der Waals surface area contributed by atoms with Crippen LogP contribution in [0.2, 0.25) is 0 Å². The fourth-order valence-electron chi connectivity index (χ4n) is 5.37. The molecular weight excluding hydrogens is 776 g/mol. The van der Waals surface area contributed by atoms with Crippen LogP contribution < -0.4 is 29.6 Å². The zero-order valence-electron chi connectivity index (χ0n) is 33.9. The summed E-state index contributed by atoms with van der Waals surface area (Å²) in [7, 11) is -13.2. The molecule has 0 amide bonds. The van der Waals surface area contributed by atoms with Crippen LogP contribution in [0.1, 0.15) is 213 Å². The molecule has 0 unspecified atom stereocenters. The first kappa shape index (κ1) is 58.3. The van der Waals surface area contributed by atoms with E-state index in [0.29, 0.717) is 19.3 Å². The molecule has 0 aliphatic heterocycles. The van der Waals surface area contributed by atoms with Crippen LogP contribution >= 0.6 is 12.3 Å². The monoisotopic (exact) mass is 850 g/mol. The summed E-state index contributed by atoms with van der Waals surface area (Å²) in [5.74, 6) is 0. The van der Waals surface area contributed by atoms with E-state index in [-0.39, 0.29) is 61.7 Å². The van der Waals surface area contributed by atoms with Crippen LogP contribution in [0.4, 0.5) is 0 Å². The van der Waals surface area contributed by atoms with Gasteiger partial charge in [0, 0.05) is 0 Å². The van der Waals surface area contributed by atoms with Crippen molar-refractivity contribution in [1.82, 2.24) is 0 Å². The minimum absolute atomic E-state index is 0. The number of unbranched alkanes of at least 4 members (excludes halogenated alkanes) is 27. The maximum Gasteiger partial charge on any atom is 1.00 e. The predicted molar refractivity (Wildman–Crippen MR) is 211 cm³/mol. The van der Waals surface area contributed by atoms with Crippen molar-refractivity contribution < 1.29 is 79.2 Å². The van der Waals surface area contributed by atoms with Gasteiger partial charge in [0.05, 0.1) is 19.8 Å². The molecule has 316 valence electrons. The van der Waals surface area contributed by atoms with Gasteiger partial charge >= 0.3 is 50.4 Å². The van der Waals surface area contributed by atoms with Gasteiger partial charge in [-0.15, -0.1) is 7.26 Å². The van der Waals surface area contributed by atoms with Crippen LogP contribution in [0.5, 0.6) is 0 Å². The van der Waals surface area contributed by atoms with Crippen LogP contribution in [-0.2, 0) is 51.0 Å². The number of hydrogen-bond acceptors (Lipinski definition) is 13. The van der Waals surface area contributed by atoms with Crippen LogP contribution in [0, 0.1) is 0 Å². The van der Waals surface area contributed by atoms with Gasteiger partial charge in [0.15, 0.2) is 12.3 Å². The Morgan fingerprint density at radius 2 is 0.566 bits per heavy atom. The zero-order chi connectivity index (χ0) is 39.1. The molecule has 53 heavy (non-hydrogen) atoms. The average molecular weight is 851 g/mol. The topological polar surface area (TPSA) is 172 Å². The fourth-order valence-corrected chi connectivity index (χ4v) is 7.49. The van der Waals surface area contributed by atoms with Crippen LogP contribution in [0.25, 0.3) is 0 Å². The van der Waals surface area contributed by atoms with Gasteiger partial charge in [0.1, 0.15) is 0 Å². The summed E-state index contributed by atoms with van der Waals surface area (Å²) < 4.78 is 99.2. The molecule has 0 saturated heterocycles. The summed E-state index contributed by atoms with van der Waals surface area (Å²) in [6.45, 7) is 6.63. The summed E-state index contributed by atoms with van der Waals surface area (Å²) in [5, 5.41) is 0. The Labute approximate surface area is 353 Å². The molecule has 0 bridgehead atoms. The molecule has 0 aromatic heterocycles. The fraction of sp³-hybridized carbons (Fsp3) is 1.00. The van der Waals surface area contributed by atoms with Gasteiger partial charge in [-0.25, -0.2) is 16.8 Å². The van der Waals surface area contributed by atoms with Crippen molar-refractivity contribution in [2.24, 2.45) is 0 Å². The minimum Gasteiger partial charge on any atom is -0.726 e. The first-order chi connectivity index (χ1) is 24.9. The van der Waals surface area contributed by atoms with E-state index in [1.807, 2.05) is 0 Å². The Morgan fingerprint density at radius 1 is 0.358 bits per heavy atom. The first-order valence-electron chi connectivity index (χ1n) is 20.3. The maximum absolute atomic E-state index is 11.7. The molecule has 0 atom stereocenters. The molecule has 0 aliphatic rings. The second-order valence-corrected chi connectivity index (χ2v) is 17.8. The van der Waals surface area contributed by atoms with E-state index in [4.69, 9.17) is 8.37 Å². The SMILES string of the molecule is CCCCCCCCCCCCOS(=O)(=O)OSOS(=O)(=O)OCCCCCCCCCCCC.CCCCCCCCCCCCOS(=O)(=O)[O-].[Na+]. The maximum atomic E-state index is 11.7. The van der Waals surface area contributed by atoms with Crippen LogP contribution in [0.15, 0.2) is 0 Å². The Kier molecular flexibility index (Phi) is 46.8. The van der Waals surface area contributed by atoms with Gasteiger partial charge in [-0.1, -0.05) is 194 Å². The van der Waals surface area contributed by atoms with E-state index in [2.05, 4.69) is 32.2 Å². The molecule has 0 heterocycles. The van der Waals surface area contributed by atoms with Gasteiger partial charge in [0.2, 0.25) is 10.4 Å². The number of hydrogen-bond donors (Lipinski definition) is 0. The average Bonchev–Trinajstić information content (AvgIpc) is 3.08. The minimum atomic E-state index is -4.48. The molecule has 0 aromatic rings. The normalized spacial score (nSPS) is 12.0. The third-order valence-corrected chi connectivity index (χ3v) is 11.5. The predicted octanol–water partition coefficient (Wildman–Crippen LogP) is 8.34. The molecule has 12 nitrogen and oxygen atoms in total. The third-order valence-electron chi connectivity index (χ3n) is 8.40. The van der Waals surface area contributed by atoms with E-state index >= 15 is 0 Å². The molecule has 0 spiro atoms. The van der Waals surface area contributed by atoms with Gasteiger partial charge in [0.25, 0.3) is 0 Å². The largest absolute Gasteiger partial charge is 1.00 e. The molecule has 0 saturated carbocycles. The van der Waals surface area contributed by atoms with E-state index in [1.165, 1.54) is 122 Å². The van der Waals surface area contributed by atoms with Crippen LogP contribution in [-0.4, -0.2) is 49.6 Å². The van der Waals surface area contributed by atoms with E-state index < -0.39 is 31.2 Å². The zero-order valence-corrected chi connectivity index (χ0v) is 39.1. The van der Waals surface area contributed by atoms with Crippen molar-refractivity contribution in [1.29, 1.82) is 0 Å². The van der Waals surface area contributed by atoms with E-state index in [9.17, 15) is 29.8 Å². The Morgan fingerprint density at radius 3 is 0.792 bits per heavy atom. The van der Waals surface area contributed by atoms with Gasteiger partial charge in [-0.2, -0.15) is 16.8 Å². The second-order valence-electron chi connectivity index (χ2n) is 13.4. The summed E-state index contributed by atoms with van der Waals surface area (Å²) in [4.78, 5) is 0. The summed E-state index contributed by atoms with van der Waals surface area (Å²) in [5.41, 5.74) is 0. The summed E-state index contributed by atoms with van der Waals surface area (Å²) in [6.07, 6.45) is 34.1. The standard InChI is InChI=1S/C24H50O8S3.C12H26O4S.Na/c1-3-5-7-9-11-13-15-17-19-21-23-29-34(25,26)31-33-32-35(27,28)30-24-22-20-18-16-14-12-10-8-6-4-2;1-2-3-4-5-6-7-8-9-10-11-12-16-17(13,14)15;/h3-24H2,1-2H3;2-12H2,1H3,(H,13,14,15);/q;;+1/p-1. The Bertz CT molecular complexity index is 1010. The summed E-state index contributed by atoms with van der Waals surface area (Å²) >= 11 is -0.193. The molecule has 0 rings (SSSR count). The smallest absolute Gasteiger partial charge is 0.726 e. The summed E-state index contributed by atoms with van der Waals surface area (Å²) in [6, 6.07) is 0. The molecule has 0 radical (unpaired) electrons. The van der Waals surface area contributed by atoms with Crippen molar-refractivity contribution in [3.05, 3.63) is 0 Å². The van der Waals surface area contributed by atoms with Crippen LogP contribution in [0.3, 0.4) is 0 Å². The van der Waals surface area contributed by atoms with Crippen molar-refractivity contribution >= 4 is 43.5 Å². The Balaban J connectivity index is -0.00000117. The second kappa shape index (κ2) is 42.6. The molecule has 0 aliphatic carbocycles. The molecular formula is C36H75NaO12S4. The van der Waals surface area contributed by atoms with E-state index in [0.717, 1.165) is 51.4 Å². The van der Waals surface area contributed by atoms with E-state index in [1.54, 1.807) is 0 Å². The molecule has 0 N–H and O–H groups in total. The van der Waals surface area contributed by atoms with Gasteiger partial charge in [-0.05, 0) is 19.3 Å². The third kappa shape index (κ3) is 53.0. The number of rotatable bonds is 40. The van der Waals surface area contributed by atoms with Crippen molar-refractivity contribution in [3.8, 4) is 0 Å². The molecule has 0 fully saturated rings. The Hall–Kier alpha value is 0.960. The first-order valence-corrected chi connectivity index (χ1v) is 25.0. The van der Waals surface area contributed by atoms with Crippen molar-refractivity contribution in [2.75, 3.05) is 19.8 Å². The van der Waals surface area contributed by atoms with Gasteiger partial charge < -0.3 is 4.55 Å².